The summed E-state index contributed by atoms with van der Waals surface area (Å²) in [6, 6.07) is 5.82. The van der Waals surface area contributed by atoms with Gasteiger partial charge in [-0.15, -0.1) is 0 Å². The van der Waals surface area contributed by atoms with Crippen LogP contribution in [0.5, 0.6) is 0 Å². The van der Waals surface area contributed by atoms with Crippen molar-refractivity contribution in [2.45, 2.75) is 45.4 Å². The highest BCUT2D eigenvalue weighted by Crippen LogP contribution is 2.39. The number of ketones is 1. The number of hydrogen-bond acceptors (Lipinski definition) is 3. The van der Waals surface area contributed by atoms with Gasteiger partial charge in [0.15, 0.2) is 5.78 Å². The number of benzene rings is 1. The second-order valence-corrected chi connectivity index (χ2v) is 7.02. The summed E-state index contributed by atoms with van der Waals surface area (Å²) in [7, 11) is 0. The average molecular weight is 310 g/mol. The molecule has 2 saturated carbocycles. The monoisotopic (exact) mass is 310 g/mol. The van der Waals surface area contributed by atoms with Crippen LogP contribution >= 0.6 is 0 Å². The van der Waals surface area contributed by atoms with Crippen LogP contribution < -0.4 is 5.73 Å². The highest BCUT2D eigenvalue weighted by molar-refractivity contribution is 6.15. The zero-order chi connectivity index (χ0) is 16.1. The fourth-order valence-electron chi connectivity index (χ4n) is 3.91. The Morgan fingerprint density at radius 1 is 1.09 bits per heavy atom. The minimum atomic E-state index is 0.0210. The maximum Gasteiger partial charge on any atom is 0.234 e. The van der Waals surface area contributed by atoms with Gasteiger partial charge in [-0.1, -0.05) is 25.0 Å². The van der Waals surface area contributed by atoms with Crippen LogP contribution in [0.25, 0.3) is 10.9 Å². The zero-order valence-corrected chi connectivity index (χ0v) is 13.5. The van der Waals surface area contributed by atoms with Crippen LogP contribution in [0.15, 0.2) is 18.2 Å². The second kappa shape index (κ2) is 5.22. The number of nitrogens with zero attached hydrogens (tertiary/aromatic N) is 1. The molecule has 2 aliphatic carbocycles. The van der Waals surface area contributed by atoms with E-state index in [2.05, 4.69) is 0 Å². The van der Waals surface area contributed by atoms with E-state index < -0.39 is 0 Å². The third-order valence-corrected chi connectivity index (χ3v) is 5.35. The fourth-order valence-corrected chi connectivity index (χ4v) is 3.91. The molecule has 120 valence electrons. The van der Waals surface area contributed by atoms with E-state index in [0.717, 1.165) is 55.0 Å². The predicted octanol–water partition coefficient (Wildman–Crippen LogP) is 3.96. The number of nitrogens with two attached hydrogens (primary N) is 1. The van der Waals surface area contributed by atoms with Gasteiger partial charge in [-0.3, -0.25) is 14.2 Å². The number of anilines is 1. The molecule has 2 aromatic rings. The average Bonchev–Trinajstić information content (AvgIpc) is 3.15. The van der Waals surface area contributed by atoms with E-state index in [1.165, 1.54) is 0 Å². The molecule has 4 rings (SSSR count). The molecule has 0 bridgehead atoms. The number of aryl methyl sites for hydroxylation is 1. The van der Waals surface area contributed by atoms with Crippen LogP contribution in [0.2, 0.25) is 0 Å². The SMILES string of the molecule is Cc1cccc2c1c(N)c(C(=O)C1CCCC1)n2C(=O)C1CC1. The molecule has 0 unspecified atom stereocenters. The predicted molar refractivity (Wildman–Crippen MR) is 90.7 cm³/mol. The normalized spacial score (nSPS) is 18.7. The molecule has 2 N–H and O–H groups in total. The molecule has 2 aliphatic rings. The Hall–Kier alpha value is -2.10. The van der Waals surface area contributed by atoms with E-state index >= 15 is 0 Å². The van der Waals surface area contributed by atoms with Gasteiger partial charge < -0.3 is 5.73 Å². The van der Waals surface area contributed by atoms with Gasteiger partial charge in [0.2, 0.25) is 5.91 Å². The molecule has 0 aliphatic heterocycles. The summed E-state index contributed by atoms with van der Waals surface area (Å²) in [5, 5.41) is 0.864. The van der Waals surface area contributed by atoms with Gasteiger partial charge in [-0.05, 0) is 44.2 Å². The van der Waals surface area contributed by atoms with Crippen LogP contribution in [0.3, 0.4) is 0 Å². The highest BCUT2D eigenvalue weighted by Gasteiger charge is 2.37. The smallest absolute Gasteiger partial charge is 0.234 e. The molecule has 1 aromatic carbocycles. The number of aromatic nitrogens is 1. The highest BCUT2D eigenvalue weighted by atomic mass is 16.2. The van der Waals surface area contributed by atoms with Crippen molar-refractivity contribution in [3.63, 3.8) is 0 Å². The van der Waals surface area contributed by atoms with Gasteiger partial charge in [0, 0.05) is 17.2 Å². The van der Waals surface area contributed by atoms with Crippen molar-refractivity contribution in [2.75, 3.05) is 5.73 Å². The Balaban J connectivity index is 1.95. The van der Waals surface area contributed by atoms with E-state index in [0.29, 0.717) is 11.4 Å². The number of fused-ring (bicyclic) bond motifs is 1. The van der Waals surface area contributed by atoms with Crippen molar-refractivity contribution >= 4 is 28.3 Å². The Morgan fingerprint density at radius 2 is 1.78 bits per heavy atom. The lowest BCUT2D eigenvalue weighted by Gasteiger charge is -2.12. The van der Waals surface area contributed by atoms with Crippen molar-refractivity contribution in [2.24, 2.45) is 11.8 Å². The van der Waals surface area contributed by atoms with Crippen molar-refractivity contribution in [1.82, 2.24) is 4.57 Å². The van der Waals surface area contributed by atoms with E-state index in [-0.39, 0.29) is 23.5 Å². The molecule has 4 heteroatoms. The molecule has 0 amide bonds. The van der Waals surface area contributed by atoms with Gasteiger partial charge in [-0.25, -0.2) is 0 Å². The fraction of sp³-hybridized carbons (Fsp3) is 0.474. The zero-order valence-electron chi connectivity index (χ0n) is 13.5. The van der Waals surface area contributed by atoms with Gasteiger partial charge in [0.1, 0.15) is 5.69 Å². The van der Waals surface area contributed by atoms with E-state index in [4.69, 9.17) is 5.73 Å². The largest absolute Gasteiger partial charge is 0.396 e. The van der Waals surface area contributed by atoms with Gasteiger partial charge in [0.05, 0.1) is 11.2 Å². The number of rotatable bonds is 3. The standard InChI is InChI=1S/C19H22N2O2/c1-11-5-4-8-14-15(11)16(20)17(18(22)12-6-2-3-7-12)21(14)19(23)13-9-10-13/h4-5,8,12-13H,2-3,6-7,9-10,20H2,1H3. The Morgan fingerprint density at radius 3 is 2.43 bits per heavy atom. The number of nitrogen functional groups attached to an aromatic ring is 1. The summed E-state index contributed by atoms with van der Waals surface area (Å²) in [5.74, 6) is 0.177. The Bertz CT molecular complexity index is 808. The minimum Gasteiger partial charge on any atom is -0.396 e. The second-order valence-electron chi connectivity index (χ2n) is 7.02. The molecular formula is C19H22N2O2. The van der Waals surface area contributed by atoms with Crippen molar-refractivity contribution in [3.8, 4) is 0 Å². The van der Waals surface area contributed by atoms with Crippen molar-refractivity contribution in [3.05, 3.63) is 29.5 Å². The maximum absolute atomic E-state index is 13.1. The first-order chi connectivity index (χ1) is 11.1. The van der Waals surface area contributed by atoms with Crippen LogP contribution in [0.1, 0.15) is 59.4 Å². The summed E-state index contributed by atoms with van der Waals surface area (Å²) in [6.07, 6.45) is 5.84. The van der Waals surface area contributed by atoms with E-state index in [9.17, 15) is 9.59 Å². The van der Waals surface area contributed by atoms with Crippen molar-refractivity contribution < 1.29 is 9.59 Å². The van der Waals surface area contributed by atoms with Gasteiger partial charge in [0.25, 0.3) is 0 Å². The van der Waals surface area contributed by atoms with E-state index in [1.54, 1.807) is 4.57 Å². The van der Waals surface area contributed by atoms with Crippen LogP contribution in [-0.4, -0.2) is 16.3 Å². The summed E-state index contributed by atoms with van der Waals surface area (Å²) in [6.45, 7) is 1.98. The molecule has 0 atom stereocenters. The first-order valence-electron chi connectivity index (χ1n) is 8.57. The molecule has 23 heavy (non-hydrogen) atoms. The van der Waals surface area contributed by atoms with E-state index in [1.807, 2.05) is 25.1 Å². The molecular weight excluding hydrogens is 288 g/mol. The topological polar surface area (TPSA) is 65.1 Å². The number of Topliss-reactive ketones (excluding diaryl/α,β-unsaturated/α-hetero) is 1. The molecule has 2 fully saturated rings. The summed E-state index contributed by atoms with van der Waals surface area (Å²) < 4.78 is 1.63. The first kappa shape index (κ1) is 14.5. The quantitative estimate of drug-likeness (QED) is 0.873. The molecule has 1 heterocycles. The summed E-state index contributed by atoms with van der Waals surface area (Å²) in [5.41, 5.74) is 9.11. The summed E-state index contributed by atoms with van der Waals surface area (Å²) in [4.78, 5) is 25.9. The molecule has 1 aromatic heterocycles. The Kier molecular flexibility index (Phi) is 3.29. The van der Waals surface area contributed by atoms with Gasteiger partial charge >= 0.3 is 0 Å². The molecule has 0 radical (unpaired) electrons. The number of hydrogen-bond donors (Lipinski definition) is 1. The maximum atomic E-state index is 13.1. The van der Waals surface area contributed by atoms with Crippen LogP contribution in [0.4, 0.5) is 5.69 Å². The lowest BCUT2D eigenvalue weighted by Crippen LogP contribution is -2.23. The summed E-state index contributed by atoms with van der Waals surface area (Å²) >= 11 is 0. The minimum absolute atomic E-state index is 0.0210. The number of carbonyl (C=O) groups is 2. The number of carbonyl (C=O) groups excluding carboxylic acids is 2. The third-order valence-electron chi connectivity index (χ3n) is 5.35. The Labute approximate surface area is 135 Å². The molecule has 4 nitrogen and oxygen atoms in total. The lowest BCUT2D eigenvalue weighted by molar-refractivity contribution is 0.0849. The molecule has 0 spiro atoms. The van der Waals surface area contributed by atoms with Crippen LogP contribution in [0, 0.1) is 18.8 Å². The first-order valence-corrected chi connectivity index (χ1v) is 8.57. The van der Waals surface area contributed by atoms with Crippen LogP contribution in [-0.2, 0) is 0 Å². The molecule has 0 saturated heterocycles. The third kappa shape index (κ3) is 2.19. The lowest BCUT2D eigenvalue weighted by atomic mass is 9.98. The van der Waals surface area contributed by atoms with Gasteiger partial charge in [-0.2, -0.15) is 0 Å². The van der Waals surface area contributed by atoms with Crippen molar-refractivity contribution in [1.29, 1.82) is 0 Å².